The van der Waals surface area contributed by atoms with Gasteiger partial charge in [-0.1, -0.05) is 13.0 Å². The minimum Gasteiger partial charge on any atom is -0.493 e. The highest BCUT2D eigenvalue weighted by Crippen LogP contribution is 2.47. The number of nitrogens with one attached hydrogen (secondary N) is 1. The summed E-state index contributed by atoms with van der Waals surface area (Å²) in [4.78, 5) is 14.2. The van der Waals surface area contributed by atoms with Gasteiger partial charge in [0.1, 0.15) is 11.5 Å². The number of carbonyl (C=O) groups is 1. The molecule has 0 bridgehead atoms. The van der Waals surface area contributed by atoms with Gasteiger partial charge < -0.3 is 19.2 Å². The van der Waals surface area contributed by atoms with Gasteiger partial charge in [0.15, 0.2) is 11.5 Å². The molecule has 0 spiro atoms. The summed E-state index contributed by atoms with van der Waals surface area (Å²) < 4.78 is 16.4. The van der Waals surface area contributed by atoms with Crippen molar-refractivity contribution in [2.75, 3.05) is 27.8 Å². The second-order valence-electron chi connectivity index (χ2n) is 7.26. The van der Waals surface area contributed by atoms with Crippen LogP contribution in [-0.4, -0.2) is 38.6 Å². The number of rotatable bonds is 9. The van der Waals surface area contributed by atoms with E-state index in [0.717, 1.165) is 23.0 Å². The van der Waals surface area contributed by atoms with Crippen LogP contribution in [0.1, 0.15) is 36.3 Å². The molecule has 0 radical (unpaired) electrons. The summed E-state index contributed by atoms with van der Waals surface area (Å²) in [6, 6.07) is 9.69. The number of methoxy groups -OCH3 is 2. The number of ether oxygens (including phenoxy) is 2. The normalized spacial score (nSPS) is 18.4. The van der Waals surface area contributed by atoms with Crippen molar-refractivity contribution in [3.8, 4) is 11.5 Å². The summed E-state index contributed by atoms with van der Waals surface area (Å²) in [5, 5.41) is 2.94. The highest BCUT2D eigenvalue weighted by Gasteiger charge is 2.36. The zero-order chi connectivity index (χ0) is 19.4. The molecule has 0 unspecified atom stereocenters. The number of likely N-dealkylation sites (N-methyl/N-ethyl adjacent to an activating group) is 1. The lowest BCUT2D eigenvalue weighted by Gasteiger charge is -2.15. The van der Waals surface area contributed by atoms with Crippen molar-refractivity contribution in [2.45, 2.75) is 32.4 Å². The van der Waals surface area contributed by atoms with E-state index >= 15 is 0 Å². The first kappa shape index (κ1) is 19.3. The minimum atomic E-state index is -0.0325. The average Bonchev–Trinajstić information content (AvgIpc) is 3.21. The zero-order valence-electron chi connectivity index (χ0n) is 16.5. The Hall–Kier alpha value is -2.47. The van der Waals surface area contributed by atoms with Gasteiger partial charge in [-0.25, -0.2) is 0 Å². The lowest BCUT2D eigenvalue weighted by atomic mass is 10.2. The molecule has 146 valence electrons. The van der Waals surface area contributed by atoms with E-state index in [-0.39, 0.29) is 5.91 Å². The molecule has 2 atom stereocenters. The van der Waals surface area contributed by atoms with Crippen LogP contribution < -0.4 is 14.8 Å². The zero-order valence-corrected chi connectivity index (χ0v) is 16.5. The van der Waals surface area contributed by atoms with Crippen LogP contribution in [0, 0.1) is 5.92 Å². The number of amides is 1. The second-order valence-corrected chi connectivity index (χ2v) is 7.26. The highest BCUT2D eigenvalue weighted by molar-refractivity contribution is 5.78. The van der Waals surface area contributed by atoms with Crippen molar-refractivity contribution in [3.05, 3.63) is 47.4 Å². The van der Waals surface area contributed by atoms with E-state index in [4.69, 9.17) is 13.9 Å². The highest BCUT2D eigenvalue weighted by atomic mass is 16.5. The molecule has 1 aliphatic rings. The average molecular weight is 372 g/mol. The van der Waals surface area contributed by atoms with Crippen LogP contribution >= 0.6 is 0 Å². The maximum Gasteiger partial charge on any atom is 0.234 e. The van der Waals surface area contributed by atoms with Crippen LogP contribution in [0.15, 0.2) is 34.7 Å². The third-order valence-corrected chi connectivity index (χ3v) is 4.93. The van der Waals surface area contributed by atoms with E-state index in [9.17, 15) is 4.79 Å². The molecule has 0 saturated heterocycles. The number of nitrogens with zero attached hydrogens (tertiary/aromatic N) is 1. The summed E-state index contributed by atoms with van der Waals surface area (Å²) in [5.74, 6) is 4.57. The Morgan fingerprint density at radius 3 is 2.63 bits per heavy atom. The topological polar surface area (TPSA) is 63.9 Å². The van der Waals surface area contributed by atoms with Crippen LogP contribution in [0.5, 0.6) is 11.5 Å². The third-order valence-electron chi connectivity index (χ3n) is 4.93. The molecule has 1 N–H and O–H groups in total. The summed E-state index contributed by atoms with van der Waals surface area (Å²) in [7, 11) is 5.11. The van der Waals surface area contributed by atoms with E-state index in [2.05, 4.69) is 18.3 Å². The third kappa shape index (κ3) is 5.04. The standard InChI is InChI=1S/C21H28N2O4/c1-14-9-17(14)18-8-6-16(27-18)12-23(2)13-21(24)22-11-15-5-7-19(25-3)20(10-15)26-4/h5-8,10,14,17H,9,11-13H2,1-4H3,(H,22,24)/t14-,17+/m1/s1. The van der Waals surface area contributed by atoms with Gasteiger partial charge in [0.05, 0.1) is 27.3 Å². The lowest BCUT2D eigenvalue weighted by molar-refractivity contribution is -0.122. The Morgan fingerprint density at radius 2 is 1.96 bits per heavy atom. The Balaban J connectivity index is 1.45. The molecule has 1 saturated carbocycles. The maximum absolute atomic E-state index is 12.2. The van der Waals surface area contributed by atoms with Gasteiger partial charge in [-0.15, -0.1) is 0 Å². The van der Waals surface area contributed by atoms with Crippen LogP contribution in [0.25, 0.3) is 0 Å². The predicted molar refractivity (Wildman–Crippen MR) is 103 cm³/mol. The molecule has 0 aliphatic heterocycles. The van der Waals surface area contributed by atoms with Crippen molar-refractivity contribution in [1.29, 1.82) is 0 Å². The molecule has 1 aliphatic carbocycles. The van der Waals surface area contributed by atoms with Crippen LogP contribution in [0.4, 0.5) is 0 Å². The quantitative estimate of drug-likeness (QED) is 0.732. The molecule has 1 amide bonds. The Kier molecular flexibility index (Phi) is 6.06. The summed E-state index contributed by atoms with van der Waals surface area (Å²) >= 11 is 0. The summed E-state index contributed by atoms with van der Waals surface area (Å²) in [5.41, 5.74) is 0.956. The maximum atomic E-state index is 12.2. The Bertz CT molecular complexity index is 786. The van der Waals surface area contributed by atoms with Crippen molar-refractivity contribution in [3.63, 3.8) is 0 Å². The van der Waals surface area contributed by atoms with Crippen molar-refractivity contribution >= 4 is 5.91 Å². The van der Waals surface area contributed by atoms with Crippen molar-refractivity contribution in [2.24, 2.45) is 5.92 Å². The molecule has 27 heavy (non-hydrogen) atoms. The van der Waals surface area contributed by atoms with Gasteiger partial charge in [0, 0.05) is 12.5 Å². The van der Waals surface area contributed by atoms with E-state index in [0.29, 0.717) is 37.1 Å². The molecule has 3 rings (SSSR count). The molecule has 2 aromatic rings. The van der Waals surface area contributed by atoms with Gasteiger partial charge in [0.2, 0.25) is 5.91 Å². The number of hydrogen-bond acceptors (Lipinski definition) is 5. The number of carbonyl (C=O) groups excluding carboxylic acids is 1. The van der Waals surface area contributed by atoms with Gasteiger partial charge in [0.25, 0.3) is 0 Å². The van der Waals surface area contributed by atoms with E-state index in [1.54, 1.807) is 14.2 Å². The summed E-state index contributed by atoms with van der Waals surface area (Å²) in [6.07, 6.45) is 1.21. The van der Waals surface area contributed by atoms with Crippen LogP contribution in [-0.2, 0) is 17.9 Å². The molecule has 6 heteroatoms. The molecule has 6 nitrogen and oxygen atoms in total. The molecule has 1 aromatic carbocycles. The van der Waals surface area contributed by atoms with E-state index in [1.165, 1.54) is 6.42 Å². The minimum absolute atomic E-state index is 0.0325. The second kappa shape index (κ2) is 8.48. The first-order chi connectivity index (χ1) is 13.0. The van der Waals surface area contributed by atoms with Gasteiger partial charge in [-0.05, 0) is 49.2 Å². The largest absolute Gasteiger partial charge is 0.493 e. The molecule has 1 heterocycles. The lowest BCUT2D eigenvalue weighted by Crippen LogP contribution is -2.34. The first-order valence-electron chi connectivity index (χ1n) is 9.25. The fraction of sp³-hybridized carbons (Fsp3) is 0.476. The molecule has 1 aromatic heterocycles. The molecule has 1 fully saturated rings. The fourth-order valence-corrected chi connectivity index (χ4v) is 3.21. The summed E-state index contributed by atoms with van der Waals surface area (Å²) in [6.45, 7) is 3.60. The van der Waals surface area contributed by atoms with E-state index < -0.39 is 0 Å². The monoisotopic (exact) mass is 372 g/mol. The molecular formula is C21H28N2O4. The molecular weight excluding hydrogens is 344 g/mol. The van der Waals surface area contributed by atoms with Crippen molar-refractivity contribution < 1.29 is 18.7 Å². The smallest absolute Gasteiger partial charge is 0.234 e. The first-order valence-corrected chi connectivity index (χ1v) is 9.25. The Morgan fingerprint density at radius 1 is 1.22 bits per heavy atom. The van der Waals surface area contributed by atoms with E-state index in [1.807, 2.05) is 36.2 Å². The predicted octanol–water partition coefficient (Wildman–Crippen LogP) is 3.17. The Labute approximate surface area is 160 Å². The SMILES string of the molecule is COc1ccc(CNC(=O)CN(C)Cc2ccc([C@H]3C[C@H]3C)o2)cc1OC. The fourth-order valence-electron chi connectivity index (χ4n) is 3.21. The number of benzene rings is 1. The number of furan rings is 1. The van der Waals surface area contributed by atoms with Gasteiger partial charge >= 0.3 is 0 Å². The van der Waals surface area contributed by atoms with Crippen LogP contribution in [0.3, 0.4) is 0 Å². The van der Waals surface area contributed by atoms with Crippen LogP contribution in [0.2, 0.25) is 0 Å². The number of hydrogen-bond donors (Lipinski definition) is 1. The van der Waals surface area contributed by atoms with Crippen molar-refractivity contribution in [1.82, 2.24) is 10.2 Å². The van der Waals surface area contributed by atoms with Gasteiger partial charge in [-0.2, -0.15) is 0 Å². The van der Waals surface area contributed by atoms with Gasteiger partial charge in [-0.3, -0.25) is 9.69 Å².